The highest BCUT2D eigenvalue weighted by Crippen LogP contribution is 2.43. The lowest BCUT2D eigenvalue weighted by molar-refractivity contribution is 0.219. The van der Waals surface area contributed by atoms with Gasteiger partial charge in [0.25, 0.3) is 0 Å². The molecule has 0 bridgehead atoms. The first kappa shape index (κ1) is 15.1. The molecule has 2 aliphatic rings. The summed E-state index contributed by atoms with van der Waals surface area (Å²) >= 11 is 0. The normalized spacial score (nSPS) is 26.7. The highest BCUT2D eigenvalue weighted by molar-refractivity contribution is 5.27. The predicted molar refractivity (Wildman–Crippen MR) is 89.6 cm³/mol. The molecule has 1 aromatic rings. The summed E-state index contributed by atoms with van der Waals surface area (Å²) in [5.41, 5.74) is 3.60. The number of benzene rings is 1. The van der Waals surface area contributed by atoms with Crippen molar-refractivity contribution in [1.82, 2.24) is 10.2 Å². The van der Waals surface area contributed by atoms with Crippen LogP contribution in [0, 0.1) is 5.41 Å². The summed E-state index contributed by atoms with van der Waals surface area (Å²) in [6.45, 7) is 10.6. The zero-order chi connectivity index (χ0) is 14.7. The molecule has 1 unspecified atom stereocenters. The van der Waals surface area contributed by atoms with E-state index < -0.39 is 0 Å². The third-order valence-electron chi connectivity index (χ3n) is 5.24. The third kappa shape index (κ3) is 4.08. The zero-order valence-electron chi connectivity index (χ0n) is 13.7. The van der Waals surface area contributed by atoms with E-state index in [0.717, 1.165) is 25.6 Å². The van der Waals surface area contributed by atoms with Crippen LogP contribution in [0.15, 0.2) is 24.3 Å². The van der Waals surface area contributed by atoms with Gasteiger partial charge in [0.1, 0.15) is 0 Å². The van der Waals surface area contributed by atoms with Crippen molar-refractivity contribution in [2.45, 2.75) is 52.0 Å². The van der Waals surface area contributed by atoms with Gasteiger partial charge in [-0.3, -0.25) is 4.90 Å². The van der Waals surface area contributed by atoms with Gasteiger partial charge in [0.15, 0.2) is 0 Å². The van der Waals surface area contributed by atoms with Crippen molar-refractivity contribution in [2.75, 3.05) is 26.2 Å². The Kier molecular flexibility index (Phi) is 4.66. The molecule has 1 aliphatic heterocycles. The van der Waals surface area contributed by atoms with Crippen LogP contribution in [0.1, 0.15) is 56.6 Å². The number of nitrogens with zero attached hydrogens (tertiary/aromatic N) is 1. The van der Waals surface area contributed by atoms with Crippen LogP contribution >= 0.6 is 0 Å². The highest BCUT2D eigenvalue weighted by Gasteiger charge is 2.28. The van der Waals surface area contributed by atoms with Gasteiger partial charge in [-0.1, -0.05) is 44.5 Å². The van der Waals surface area contributed by atoms with Crippen molar-refractivity contribution >= 4 is 0 Å². The molecule has 0 amide bonds. The molecule has 2 fully saturated rings. The minimum atomic E-state index is 0.525. The second-order valence-corrected chi connectivity index (χ2v) is 7.73. The maximum Gasteiger partial charge on any atom is 0.0234 e. The monoisotopic (exact) mass is 286 g/mol. The fourth-order valence-electron chi connectivity index (χ4n) is 4.06. The van der Waals surface area contributed by atoms with Gasteiger partial charge in [-0.2, -0.15) is 0 Å². The molecular weight excluding hydrogens is 256 g/mol. The summed E-state index contributed by atoms with van der Waals surface area (Å²) in [5, 5.41) is 3.43. The van der Waals surface area contributed by atoms with E-state index in [2.05, 4.69) is 48.3 Å². The molecule has 2 nitrogen and oxygen atoms in total. The predicted octanol–water partition coefficient (Wildman–Crippen LogP) is 3.78. The molecule has 1 heterocycles. The smallest absolute Gasteiger partial charge is 0.0234 e. The quantitative estimate of drug-likeness (QED) is 0.910. The van der Waals surface area contributed by atoms with Crippen LogP contribution in [0.4, 0.5) is 0 Å². The minimum absolute atomic E-state index is 0.525. The number of hydrogen-bond donors (Lipinski definition) is 1. The Labute approximate surface area is 129 Å². The Morgan fingerprint density at radius 2 is 2.05 bits per heavy atom. The second-order valence-electron chi connectivity index (χ2n) is 7.73. The Hall–Kier alpha value is -0.860. The topological polar surface area (TPSA) is 15.3 Å². The lowest BCUT2D eigenvalue weighted by Crippen LogP contribution is -2.42. The molecule has 116 valence electrons. The summed E-state index contributed by atoms with van der Waals surface area (Å²) in [5.74, 6) is 0.775. The van der Waals surface area contributed by atoms with Gasteiger partial charge in [-0.25, -0.2) is 0 Å². The molecule has 2 heteroatoms. The van der Waals surface area contributed by atoms with Crippen LogP contribution in [0.25, 0.3) is 0 Å². The van der Waals surface area contributed by atoms with E-state index in [0.29, 0.717) is 5.41 Å². The number of rotatable bonds is 3. The molecule has 1 aromatic carbocycles. The van der Waals surface area contributed by atoms with Crippen molar-refractivity contribution in [3.63, 3.8) is 0 Å². The molecule has 1 saturated carbocycles. The van der Waals surface area contributed by atoms with E-state index >= 15 is 0 Å². The fourth-order valence-corrected chi connectivity index (χ4v) is 4.06. The summed E-state index contributed by atoms with van der Waals surface area (Å²) in [4.78, 5) is 2.57. The molecule has 0 aromatic heterocycles. The standard InChI is InChI=1S/C19H30N2/c1-19(2)8-4-7-18(14-19)17-6-3-5-16(13-17)15-21-11-9-20-10-12-21/h3,5-6,13,18,20H,4,7-12,14-15H2,1-2H3. The van der Waals surface area contributed by atoms with Crippen molar-refractivity contribution < 1.29 is 0 Å². The number of nitrogens with one attached hydrogen (secondary N) is 1. The molecular formula is C19H30N2. The second kappa shape index (κ2) is 6.50. The molecule has 0 radical (unpaired) electrons. The van der Waals surface area contributed by atoms with E-state index in [4.69, 9.17) is 0 Å². The van der Waals surface area contributed by atoms with Crippen LogP contribution in [0.5, 0.6) is 0 Å². The lowest BCUT2D eigenvalue weighted by atomic mass is 9.70. The van der Waals surface area contributed by atoms with Gasteiger partial charge in [-0.05, 0) is 41.7 Å². The SMILES string of the molecule is CC1(C)CCCC(c2cccc(CN3CCNCC3)c2)C1. The van der Waals surface area contributed by atoms with Crippen molar-refractivity contribution in [3.05, 3.63) is 35.4 Å². The van der Waals surface area contributed by atoms with E-state index in [1.807, 2.05) is 0 Å². The largest absolute Gasteiger partial charge is 0.314 e. The summed E-state index contributed by atoms with van der Waals surface area (Å²) in [6, 6.07) is 9.41. The molecule has 21 heavy (non-hydrogen) atoms. The van der Waals surface area contributed by atoms with Crippen molar-refractivity contribution in [3.8, 4) is 0 Å². The summed E-state index contributed by atoms with van der Waals surface area (Å²) in [6.07, 6.45) is 5.51. The van der Waals surface area contributed by atoms with Crippen LogP contribution in [0.2, 0.25) is 0 Å². The molecule has 1 atom stereocenters. The zero-order valence-corrected chi connectivity index (χ0v) is 13.7. The number of hydrogen-bond acceptors (Lipinski definition) is 2. The van der Waals surface area contributed by atoms with Gasteiger partial charge in [0.2, 0.25) is 0 Å². The molecule has 3 rings (SSSR count). The third-order valence-corrected chi connectivity index (χ3v) is 5.24. The lowest BCUT2D eigenvalue weighted by Gasteiger charge is -2.35. The molecule has 1 aliphatic carbocycles. The van der Waals surface area contributed by atoms with Crippen molar-refractivity contribution in [2.24, 2.45) is 5.41 Å². The summed E-state index contributed by atoms with van der Waals surface area (Å²) < 4.78 is 0. The van der Waals surface area contributed by atoms with Crippen LogP contribution in [-0.4, -0.2) is 31.1 Å². The first-order chi connectivity index (χ1) is 10.1. The first-order valence-corrected chi connectivity index (χ1v) is 8.64. The highest BCUT2D eigenvalue weighted by atomic mass is 15.2. The van der Waals surface area contributed by atoms with Crippen LogP contribution < -0.4 is 5.32 Å². The summed E-state index contributed by atoms with van der Waals surface area (Å²) in [7, 11) is 0. The number of piperazine rings is 1. The van der Waals surface area contributed by atoms with Crippen molar-refractivity contribution in [1.29, 1.82) is 0 Å². The molecule has 1 saturated heterocycles. The Morgan fingerprint density at radius 1 is 1.24 bits per heavy atom. The van der Waals surface area contributed by atoms with Crippen LogP contribution in [0.3, 0.4) is 0 Å². The first-order valence-electron chi connectivity index (χ1n) is 8.64. The Morgan fingerprint density at radius 3 is 2.81 bits per heavy atom. The van der Waals surface area contributed by atoms with Crippen LogP contribution in [-0.2, 0) is 6.54 Å². The maximum absolute atomic E-state index is 3.43. The molecule has 1 N–H and O–H groups in total. The van der Waals surface area contributed by atoms with E-state index in [9.17, 15) is 0 Å². The fraction of sp³-hybridized carbons (Fsp3) is 0.684. The van der Waals surface area contributed by atoms with Gasteiger partial charge >= 0.3 is 0 Å². The Bertz CT molecular complexity index is 460. The van der Waals surface area contributed by atoms with E-state index in [1.54, 1.807) is 5.56 Å². The van der Waals surface area contributed by atoms with E-state index in [-0.39, 0.29) is 0 Å². The van der Waals surface area contributed by atoms with Gasteiger partial charge in [0.05, 0.1) is 0 Å². The minimum Gasteiger partial charge on any atom is -0.314 e. The average molecular weight is 286 g/mol. The van der Waals surface area contributed by atoms with E-state index in [1.165, 1.54) is 44.3 Å². The molecule has 0 spiro atoms. The van der Waals surface area contributed by atoms with Gasteiger partial charge < -0.3 is 5.32 Å². The Balaban J connectivity index is 1.67. The average Bonchev–Trinajstić information content (AvgIpc) is 2.47. The van der Waals surface area contributed by atoms with Gasteiger partial charge in [0, 0.05) is 32.7 Å². The maximum atomic E-state index is 3.43. The van der Waals surface area contributed by atoms with Gasteiger partial charge in [-0.15, -0.1) is 0 Å².